The van der Waals surface area contributed by atoms with Crippen molar-refractivity contribution in [3.63, 3.8) is 0 Å². The summed E-state index contributed by atoms with van der Waals surface area (Å²) in [6.07, 6.45) is 2.45. The van der Waals surface area contributed by atoms with Crippen LogP contribution in [-0.4, -0.2) is 40.8 Å². The quantitative estimate of drug-likeness (QED) is 0.397. The van der Waals surface area contributed by atoms with Crippen molar-refractivity contribution in [2.75, 3.05) is 17.7 Å². The number of nitrogens with one attached hydrogen (secondary N) is 2. The van der Waals surface area contributed by atoms with Crippen molar-refractivity contribution in [2.24, 2.45) is 0 Å². The number of ether oxygens (including phenoxy) is 1. The van der Waals surface area contributed by atoms with Crippen LogP contribution < -0.4 is 21.1 Å². The van der Waals surface area contributed by atoms with E-state index in [4.69, 9.17) is 10.5 Å². The number of amides is 1. The Kier molecular flexibility index (Phi) is 7.36. The van der Waals surface area contributed by atoms with Crippen molar-refractivity contribution < 1.29 is 14.6 Å². The highest BCUT2D eigenvalue weighted by Crippen LogP contribution is 2.21. The zero-order chi connectivity index (χ0) is 22.3. The number of carbonyl (C=O) groups is 1. The predicted octanol–water partition coefficient (Wildman–Crippen LogP) is 3.01. The second kappa shape index (κ2) is 10.6. The molecule has 7 nitrogen and oxygen atoms in total. The molecule has 0 bridgehead atoms. The topological polar surface area (TPSA) is 110 Å². The summed E-state index contributed by atoms with van der Waals surface area (Å²) in [6, 6.07) is 17.8. The molecule has 0 spiro atoms. The molecule has 4 rings (SSSR count). The first-order valence-electron chi connectivity index (χ1n) is 10.8. The fourth-order valence-corrected chi connectivity index (χ4v) is 4.47. The fourth-order valence-electron chi connectivity index (χ4n) is 3.91. The summed E-state index contributed by atoms with van der Waals surface area (Å²) in [5, 5.41) is 19.2. The molecule has 2 heterocycles. The molecule has 8 heteroatoms. The summed E-state index contributed by atoms with van der Waals surface area (Å²) in [5.41, 5.74) is 8.23. The van der Waals surface area contributed by atoms with Crippen LogP contribution >= 0.6 is 11.3 Å². The van der Waals surface area contributed by atoms with E-state index in [1.165, 1.54) is 16.9 Å². The van der Waals surface area contributed by atoms with Gasteiger partial charge in [0.15, 0.2) is 5.13 Å². The highest BCUT2D eigenvalue weighted by atomic mass is 32.1. The minimum absolute atomic E-state index is 0.0297. The summed E-state index contributed by atoms with van der Waals surface area (Å²) in [6.45, 7) is 0.274. The number of aliphatic hydroxyl groups excluding tert-OH is 1. The molecule has 3 atom stereocenters. The molecular formula is C24H28N4O3S. The molecular weight excluding hydrogens is 424 g/mol. The molecule has 1 aromatic heterocycles. The van der Waals surface area contributed by atoms with Gasteiger partial charge in [-0.15, -0.1) is 11.3 Å². The summed E-state index contributed by atoms with van der Waals surface area (Å²) in [4.78, 5) is 16.3. The largest absolute Gasteiger partial charge is 0.491 e. The van der Waals surface area contributed by atoms with Crippen LogP contribution in [0.25, 0.3) is 0 Å². The van der Waals surface area contributed by atoms with E-state index < -0.39 is 6.10 Å². The molecule has 1 aliphatic heterocycles. The maximum atomic E-state index is 12.2. The Balaban J connectivity index is 1.21. The van der Waals surface area contributed by atoms with Crippen LogP contribution in [0.3, 0.4) is 0 Å². The first-order valence-corrected chi connectivity index (χ1v) is 11.6. The third kappa shape index (κ3) is 6.29. The van der Waals surface area contributed by atoms with Crippen LogP contribution in [0.5, 0.6) is 5.75 Å². The number of para-hydroxylation sites is 1. The van der Waals surface area contributed by atoms with Crippen LogP contribution in [-0.2, 0) is 17.6 Å². The van der Waals surface area contributed by atoms with E-state index in [1.807, 2.05) is 54.6 Å². The van der Waals surface area contributed by atoms with Gasteiger partial charge in [0.25, 0.3) is 0 Å². The highest BCUT2D eigenvalue weighted by molar-refractivity contribution is 7.13. The van der Waals surface area contributed by atoms with Gasteiger partial charge in [-0.3, -0.25) is 4.79 Å². The lowest BCUT2D eigenvalue weighted by Gasteiger charge is -2.20. The minimum atomic E-state index is -0.550. The zero-order valence-electron chi connectivity index (χ0n) is 17.7. The lowest BCUT2D eigenvalue weighted by molar-refractivity contribution is -0.115. The first kappa shape index (κ1) is 22.3. The van der Waals surface area contributed by atoms with E-state index in [2.05, 4.69) is 15.6 Å². The molecule has 2 aromatic carbocycles. The molecule has 168 valence electrons. The van der Waals surface area contributed by atoms with Gasteiger partial charge in [-0.1, -0.05) is 30.3 Å². The van der Waals surface area contributed by atoms with Gasteiger partial charge in [-0.05, 0) is 49.1 Å². The molecule has 5 N–H and O–H groups in total. The van der Waals surface area contributed by atoms with E-state index in [0.717, 1.165) is 30.7 Å². The highest BCUT2D eigenvalue weighted by Gasteiger charge is 2.29. The number of aliphatic hydroxyl groups is 1. The predicted molar refractivity (Wildman–Crippen MR) is 127 cm³/mol. The molecule has 0 aliphatic carbocycles. The van der Waals surface area contributed by atoms with Gasteiger partial charge in [-0.25, -0.2) is 4.98 Å². The maximum absolute atomic E-state index is 12.2. The number of benzene rings is 2. The molecule has 32 heavy (non-hydrogen) atoms. The van der Waals surface area contributed by atoms with Gasteiger partial charge < -0.3 is 26.2 Å². The maximum Gasteiger partial charge on any atom is 0.230 e. The Morgan fingerprint density at radius 3 is 2.72 bits per heavy atom. The number of rotatable bonds is 9. The lowest BCUT2D eigenvalue weighted by Crippen LogP contribution is -2.42. The third-order valence-corrected chi connectivity index (χ3v) is 6.26. The van der Waals surface area contributed by atoms with Gasteiger partial charge in [0.2, 0.25) is 5.91 Å². The Morgan fingerprint density at radius 1 is 1.22 bits per heavy atom. The molecule has 1 amide bonds. The van der Waals surface area contributed by atoms with Crippen LogP contribution in [0, 0.1) is 0 Å². The first-order chi connectivity index (χ1) is 15.5. The normalized spacial score (nSPS) is 18.9. The van der Waals surface area contributed by atoms with Gasteiger partial charge >= 0.3 is 0 Å². The SMILES string of the molecule is Nc1nc(CC(=O)Nc2ccc(C[C@@H]3CC[C@H]([C@H](O)COc4ccccc4)N3)cc2)cs1. The van der Waals surface area contributed by atoms with E-state index in [9.17, 15) is 9.90 Å². The molecule has 0 saturated carbocycles. The van der Waals surface area contributed by atoms with E-state index in [1.54, 1.807) is 5.38 Å². The number of nitrogens with zero attached hydrogens (tertiary/aromatic N) is 1. The number of anilines is 2. The van der Waals surface area contributed by atoms with Crippen molar-refractivity contribution in [1.29, 1.82) is 0 Å². The summed E-state index contributed by atoms with van der Waals surface area (Å²) < 4.78 is 5.68. The lowest BCUT2D eigenvalue weighted by atomic mass is 10.0. The van der Waals surface area contributed by atoms with Gasteiger partial charge in [0.05, 0.1) is 12.1 Å². The number of thiazole rings is 1. The van der Waals surface area contributed by atoms with Crippen LogP contribution in [0.4, 0.5) is 10.8 Å². The van der Waals surface area contributed by atoms with Crippen LogP contribution in [0.2, 0.25) is 0 Å². The summed E-state index contributed by atoms with van der Waals surface area (Å²) >= 11 is 1.33. The van der Waals surface area contributed by atoms with E-state index >= 15 is 0 Å². The number of carbonyl (C=O) groups excluding carboxylic acids is 1. The van der Waals surface area contributed by atoms with E-state index in [-0.39, 0.29) is 25.0 Å². The monoisotopic (exact) mass is 452 g/mol. The van der Waals surface area contributed by atoms with Crippen LogP contribution in [0.15, 0.2) is 60.0 Å². The average Bonchev–Trinajstić information content (AvgIpc) is 3.43. The second-order valence-electron chi connectivity index (χ2n) is 8.04. The Labute approximate surface area is 191 Å². The van der Waals surface area contributed by atoms with Crippen molar-refractivity contribution >= 4 is 28.1 Å². The number of hydrogen-bond donors (Lipinski definition) is 4. The molecule has 1 aliphatic rings. The number of nitrogen functional groups attached to an aromatic ring is 1. The van der Waals surface area contributed by atoms with Crippen molar-refractivity contribution in [3.8, 4) is 5.75 Å². The number of hydrogen-bond acceptors (Lipinski definition) is 7. The number of aromatic nitrogens is 1. The Morgan fingerprint density at radius 2 is 2.00 bits per heavy atom. The minimum Gasteiger partial charge on any atom is -0.491 e. The van der Waals surface area contributed by atoms with Crippen molar-refractivity contribution in [3.05, 3.63) is 71.2 Å². The number of nitrogens with two attached hydrogens (primary N) is 1. The summed E-state index contributed by atoms with van der Waals surface area (Å²) in [5.74, 6) is 0.652. The molecule has 1 fully saturated rings. The van der Waals surface area contributed by atoms with Crippen LogP contribution in [0.1, 0.15) is 24.1 Å². The van der Waals surface area contributed by atoms with Gasteiger partial charge in [-0.2, -0.15) is 0 Å². The van der Waals surface area contributed by atoms with E-state index in [0.29, 0.717) is 16.9 Å². The molecule has 0 unspecified atom stereocenters. The molecule has 0 radical (unpaired) electrons. The Hall–Kier alpha value is -2.94. The second-order valence-corrected chi connectivity index (χ2v) is 8.93. The molecule has 1 saturated heterocycles. The third-order valence-electron chi connectivity index (χ3n) is 5.54. The fraction of sp³-hybridized carbons (Fsp3) is 0.333. The smallest absolute Gasteiger partial charge is 0.230 e. The molecule has 3 aromatic rings. The van der Waals surface area contributed by atoms with Gasteiger partial charge in [0, 0.05) is 23.2 Å². The standard InChI is InChI=1S/C24H28N4O3S/c25-24-28-19(15-32-24)13-23(30)27-17-8-6-16(7-9-17)12-18-10-11-21(26-18)22(29)14-31-20-4-2-1-3-5-20/h1-9,15,18,21-22,26,29H,10-14H2,(H2,25,28)(H,27,30)/t18-,21+,22+/m0/s1. The Bertz CT molecular complexity index is 1010. The zero-order valence-corrected chi connectivity index (χ0v) is 18.6. The van der Waals surface area contributed by atoms with Crippen molar-refractivity contribution in [2.45, 2.75) is 43.9 Å². The average molecular weight is 453 g/mol. The van der Waals surface area contributed by atoms with Crippen molar-refractivity contribution in [1.82, 2.24) is 10.3 Å². The summed E-state index contributed by atoms with van der Waals surface area (Å²) in [7, 11) is 0. The van der Waals surface area contributed by atoms with Gasteiger partial charge in [0.1, 0.15) is 18.5 Å².